The second-order valence-corrected chi connectivity index (χ2v) is 6.20. The van der Waals surface area contributed by atoms with E-state index in [9.17, 15) is 9.18 Å². The average Bonchev–Trinajstić information content (AvgIpc) is 2.98. The number of halogens is 1. The topological polar surface area (TPSA) is 49.2 Å². The smallest absolute Gasteiger partial charge is 0.408 e. The van der Waals surface area contributed by atoms with Crippen molar-refractivity contribution in [3.8, 4) is 0 Å². The summed E-state index contributed by atoms with van der Waals surface area (Å²) >= 11 is 0. The molecule has 2 aromatic rings. The number of nitrogens with zero attached hydrogens (tertiary/aromatic N) is 1. The largest absolute Gasteiger partial charge is 0.417 e. The summed E-state index contributed by atoms with van der Waals surface area (Å²) < 4.78 is 19.2. The number of H-pyrrole nitrogens is 1. The van der Waals surface area contributed by atoms with Crippen LogP contribution in [0.2, 0.25) is 0 Å². The number of alkyl halides is 1. The van der Waals surface area contributed by atoms with Crippen LogP contribution in [0.3, 0.4) is 0 Å². The fourth-order valence-electron chi connectivity index (χ4n) is 3.15. The Morgan fingerprint density at radius 3 is 3.05 bits per heavy atom. The number of hydrogen-bond donors (Lipinski definition) is 1. The van der Waals surface area contributed by atoms with Crippen molar-refractivity contribution in [2.24, 2.45) is 0 Å². The molecule has 1 fully saturated rings. The monoisotopic (exact) mass is 276 g/mol. The van der Waals surface area contributed by atoms with Crippen LogP contribution in [0.4, 0.5) is 4.39 Å². The Balaban J connectivity index is 1.72. The first-order chi connectivity index (χ1) is 9.54. The molecule has 20 heavy (non-hydrogen) atoms. The van der Waals surface area contributed by atoms with Crippen LogP contribution in [-0.2, 0) is 13.0 Å². The predicted molar refractivity (Wildman–Crippen MR) is 73.5 cm³/mol. The lowest BCUT2D eigenvalue weighted by Crippen LogP contribution is -2.42. The van der Waals surface area contributed by atoms with E-state index in [1.165, 1.54) is 0 Å². The van der Waals surface area contributed by atoms with Crippen LogP contribution in [0.15, 0.2) is 21.3 Å². The summed E-state index contributed by atoms with van der Waals surface area (Å²) in [6, 6.07) is 4.15. The van der Waals surface area contributed by atoms with E-state index in [0.29, 0.717) is 25.0 Å². The third kappa shape index (κ3) is 1.88. The Hall–Kier alpha value is -1.62. The molecular formula is C15H17FN2O2. The summed E-state index contributed by atoms with van der Waals surface area (Å²) in [5.74, 6) is -0.413. The van der Waals surface area contributed by atoms with E-state index in [0.717, 1.165) is 29.6 Å². The maximum absolute atomic E-state index is 14.0. The van der Waals surface area contributed by atoms with Crippen LogP contribution < -0.4 is 5.76 Å². The Morgan fingerprint density at radius 1 is 1.50 bits per heavy atom. The summed E-state index contributed by atoms with van der Waals surface area (Å²) in [4.78, 5) is 16.2. The van der Waals surface area contributed by atoms with Crippen molar-refractivity contribution in [1.82, 2.24) is 9.88 Å². The summed E-state index contributed by atoms with van der Waals surface area (Å²) in [6.07, 6.45) is 2.17. The molecule has 0 amide bonds. The molecule has 0 radical (unpaired) electrons. The number of nitrogens with one attached hydrogen (secondary N) is 1. The zero-order valence-electron chi connectivity index (χ0n) is 11.4. The molecular weight excluding hydrogens is 259 g/mol. The Morgan fingerprint density at radius 2 is 2.30 bits per heavy atom. The Bertz CT molecular complexity index is 729. The molecule has 2 heterocycles. The summed E-state index contributed by atoms with van der Waals surface area (Å²) in [5, 5.41) is 0. The molecule has 4 rings (SSSR count). The van der Waals surface area contributed by atoms with E-state index >= 15 is 0 Å². The first kappa shape index (κ1) is 12.1. The van der Waals surface area contributed by atoms with Gasteiger partial charge in [0.05, 0.1) is 5.52 Å². The van der Waals surface area contributed by atoms with E-state index in [1.54, 1.807) is 0 Å². The summed E-state index contributed by atoms with van der Waals surface area (Å²) in [6.45, 7) is 3.36. The molecule has 1 N–H and O–H groups in total. The number of oxazole rings is 1. The van der Waals surface area contributed by atoms with Crippen LogP contribution in [0.5, 0.6) is 0 Å². The van der Waals surface area contributed by atoms with Crippen molar-refractivity contribution < 1.29 is 8.81 Å². The molecule has 1 aliphatic heterocycles. The minimum Gasteiger partial charge on any atom is -0.408 e. The minimum atomic E-state index is -0.962. The molecule has 1 unspecified atom stereocenters. The third-order valence-electron chi connectivity index (χ3n) is 4.56. The lowest BCUT2D eigenvalue weighted by molar-refractivity contribution is 0.122. The van der Waals surface area contributed by atoms with Crippen LogP contribution in [0.1, 0.15) is 30.9 Å². The highest BCUT2D eigenvalue weighted by Crippen LogP contribution is 2.42. The predicted octanol–water partition coefficient (Wildman–Crippen LogP) is 2.37. The van der Waals surface area contributed by atoms with Crippen LogP contribution >= 0.6 is 0 Å². The number of aromatic nitrogens is 1. The highest BCUT2D eigenvalue weighted by molar-refractivity contribution is 5.77. The Kier molecular flexibility index (Phi) is 2.40. The van der Waals surface area contributed by atoms with E-state index in [1.807, 2.05) is 12.1 Å². The van der Waals surface area contributed by atoms with Crippen LogP contribution in [0, 0.1) is 0 Å². The van der Waals surface area contributed by atoms with Crippen molar-refractivity contribution in [2.75, 3.05) is 6.54 Å². The third-order valence-corrected chi connectivity index (χ3v) is 4.56. The van der Waals surface area contributed by atoms with Gasteiger partial charge in [-0.2, -0.15) is 0 Å². The maximum atomic E-state index is 14.0. The van der Waals surface area contributed by atoms with E-state index in [4.69, 9.17) is 4.42 Å². The standard InChI is InChI=1S/C15H17FN2O2/c1-9-6-11-10(7-18(9)8-15(16)4-5-15)2-3-12-13(11)20-14(19)17-12/h2-3,9H,4-8H2,1H3,(H,17,19). The lowest BCUT2D eigenvalue weighted by atomic mass is 9.93. The number of benzene rings is 1. The molecule has 1 aliphatic carbocycles. The quantitative estimate of drug-likeness (QED) is 0.916. The van der Waals surface area contributed by atoms with Gasteiger partial charge < -0.3 is 4.42 Å². The van der Waals surface area contributed by atoms with Crippen molar-refractivity contribution >= 4 is 11.1 Å². The second kappa shape index (κ2) is 3.95. The minimum absolute atomic E-state index is 0.265. The van der Waals surface area contributed by atoms with Gasteiger partial charge in [-0.3, -0.25) is 9.88 Å². The summed E-state index contributed by atoms with van der Waals surface area (Å²) in [7, 11) is 0. The van der Waals surface area contributed by atoms with Crippen molar-refractivity contribution in [2.45, 2.75) is 44.4 Å². The molecule has 5 heteroatoms. The fourth-order valence-corrected chi connectivity index (χ4v) is 3.15. The van der Waals surface area contributed by atoms with Crippen molar-refractivity contribution in [3.05, 3.63) is 33.8 Å². The van der Waals surface area contributed by atoms with Crippen molar-refractivity contribution in [3.63, 3.8) is 0 Å². The van der Waals surface area contributed by atoms with Crippen LogP contribution in [-0.4, -0.2) is 28.1 Å². The van der Waals surface area contributed by atoms with E-state index in [2.05, 4.69) is 16.8 Å². The normalized spacial score (nSPS) is 24.8. The SMILES string of the molecule is CC1Cc2c(ccc3[nH]c(=O)oc23)CN1CC1(F)CC1. The lowest BCUT2D eigenvalue weighted by Gasteiger charge is -2.35. The first-order valence-corrected chi connectivity index (χ1v) is 7.11. The molecule has 1 aromatic carbocycles. The van der Waals surface area contributed by atoms with E-state index in [-0.39, 0.29) is 6.04 Å². The van der Waals surface area contributed by atoms with Crippen LogP contribution in [0.25, 0.3) is 11.1 Å². The van der Waals surface area contributed by atoms with Gasteiger partial charge >= 0.3 is 5.76 Å². The van der Waals surface area contributed by atoms with Gasteiger partial charge in [-0.25, -0.2) is 9.18 Å². The highest BCUT2D eigenvalue weighted by Gasteiger charge is 2.45. The average molecular weight is 276 g/mol. The van der Waals surface area contributed by atoms with Gasteiger partial charge in [0.2, 0.25) is 0 Å². The zero-order valence-corrected chi connectivity index (χ0v) is 11.4. The van der Waals surface area contributed by atoms with Gasteiger partial charge in [-0.05, 0) is 37.8 Å². The number of hydrogen-bond acceptors (Lipinski definition) is 3. The molecule has 4 nitrogen and oxygen atoms in total. The van der Waals surface area contributed by atoms with Gasteiger partial charge in [-0.1, -0.05) is 6.07 Å². The molecule has 1 atom stereocenters. The van der Waals surface area contributed by atoms with Gasteiger partial charge in [0.1, 0.15) is 5.67 Å². The summed E-state index contributed by atoms with van der Waals surface area (Å²) in [5.41, 5.74) is 2.69. The highest BCUT2D eigenvalue weighted by atomic mass is 19.1. The molecule has 0 spiro atoms. The van der Waals surface area contributed by atoms with Crippen molar-refractivity contribution in [1.29, 1.82) is 0 Å². The van der Waals surface area contributed by atoms with Gasteiger partial charge in [0.15, 0.2) is 5.58 Å². The molecule has 0 saturated heterocycles. The number of aromatic amines is 1. The molecule has 1 aromatic heterocycles. The number of rotatable bonds is 2. The van der Waals surface area contributed by atoms with E-state index < -0.39 is 11.4 Å². The Labute approximate surface area is 115 Å². The molecule has 1 saturated carbocycles. The fraction of sp³-hybridized carbons (Fsp3) is 0.533. The van der Waals surface area contributed by atoms with Gasteiger partial charge in [0, 0.05) is 24.7 Å². The zero-order chi connectivity index (χ0) is 13.9. The van der Waals surface area contributed by atoms with Gasteiger partial charge in [0.25, 0.3) is 0 Å². The molecule has 0 bridgehead atoms. The molecule has 106 valence electrons. The molecule has 2 aliphatic rings. The van der Waals surface area contributed by atoms with Gasteiger partial charge in [-0.15, -0.1) is 0 Å². The first-order valence-electron chi connectivity index (χ1n) is 7.11. The maximum Gasteiger partial charge on any atom is 0.417 e. The second-order valence-electron chi connectivity index (χ2n) is 6.20. The number of fused-ring (bicyclic) bond motifs is 3.